The van der Waals surface area contributed by atoms with Crippen LogP contribution in [0.5, 0.6) is 0 Å². The molecule has 0 spiro atoms. The van der Waals surface area contributed by atoms with Crippen molar-refractivity contribution < 1.29 is 9.90 Å². The standard InChI is InChI=1S/C9H17NO2/c1-6(2)3-7-4-10-5-8(7)9(11)12/h6-8,10H,3-5H2,1-2H3,(H,11,12)/t7-,8?/m1/s1. The van der Waals surface area contributed by atoms with Crippen LogP contribution in [0.1, 0.15) is 20.3 Å². The summed E-state index contributed by atoms with van der Waals surface area (Å²) in [7, 11) is 0. The molecular formula is C9H17NO2. The topological polar surface area (TPSA) is 49.3 Å². The molecule has 0 aliphatic carbocycles. The summed E-state index contributed by atoms with van der Waals surface area (Å²) in [5.41, 5.74) is 0. The van der Waals surface area contributed by atoms with E-state index in [9.17, 15) is 4.79 Å². The number of hydrogen-bond acceptors (Lipinski definition) is 2. The van der Waals surface area contributed by atoms with Crippen LogP contribution in [0.4, 0.5) is 0 Å². The van der Waals surface area contributed by atoms with Gasteiger partial charge in [0, 0.05) is 6.54 Å². The Bertz CT molecular complexity index is 168. The Kier molecular flexibility index (Phi) is 3.09. The van der Waals surface area contributed by atoms with Crippen LogP contribution in [0.2, 0.25) is 0 Å². The van der Waals surface area contributed by atoms with Crippen LogP contribution in [0, 0.1) is 17.8 Å². The zero-order valence-corrected chi connectivity index (χ0v) is 7.71. The van der Waals surface area contributed by atoms with Crippen molar-refractivity contribution in [2.75, 3.05) is 13.1 Å². The first kappa shape index (κ1) is 9.52. The van der Waals surface area contributed by atoms with Gasteiger partial charge in [0.2, 0.25) is 0 Å². The Hall–Kier alpha value is -0.570. The largest absolute Gasteiger partial charge is 0.481 e. The molecule has 2 N–H and O–H groups in total. The third kappa shape index (κ3) is 2.21. The lowest BCUT2D eigenvalue weighted by atomic mass is 9.88. The number of nitrogens with one attached hydrogen (secondary N) is 1. The van der Waals surface area contributed by atoms with Gasteiger partial charge in [-0.2, -0.15) is 0 Å². The van der Waals surface area contributed by atoms with Crippen molar-refractivity contribution in [2.24, 2.45) is 17.8 Å². The number of carbonyl (C=O) groups is 1. The van der Waals surface area contributed by atoms with E-state index in [-0.39, 0.29) is 5.92 Å². The summed E-state index contributed by atoms with van der Waals surface area (Å²) in [4.78, 5) is 10.8. The van der Waals surface area contributed by atoms with Crippen LogP contribution in [0.25, 0.3) is 0 Å². The molecule has 1 unspecified atom stereocenters. The third-order valence-corrected chi connectivity index (χ3v) is 2.43. The molecule has 0 aromatic rings. The van der Waals surface area contributed by atoms with Gasteiger partial charge < -0.3 is 10.4 Å². The van der Waals surface area contributed by atoms with E-state index in [1.54, 1.807) is 0 Å². The molecule has 0 aromatic heterocycles. The minimum absolute atomic E-state index is 0.160. The molecule has 0 aromatic carbocycles. The summed E-state index contributed by atoms with van der Waals surface area (Å²) in [6.07, 6.45) is 1.02. The second-order valence-corrected chi connectivity index (χ2v) is 3.99. The molecule has 1 aliphatic rings. The van der Waals surface area contributed by atoms with Gasteiger partial charge in [-0.25, -0.2) is 0 Å². The quantitative estimate of drug-likeness (QED) is 0.664. The highest BCUT2D eigenvalue weighted by atomic mass is 16.4. The normalized spacial score (nSPS) is 29.6. The first-order valence-electron chi connectivity index (χ1n) is 4.54. The molecule has 0 amide bonds. The van der Waals surface area contributed by atoms with E-state index in [1.165, 1.54) is 0 Å². The van der Waals surface area contributed by atoms with Crippen LogP contribution >= 0.6 is 0 Å². The molecule has 1 rings (SSSR count). The summed E-state index contributed by atoms with van der Waals surface area (Å²) in [6, 6.07) is 0. The summed E-state index contributed by atoms with van der Waals surface area (Å²) in [5, 5.41) is 12.0. The minimum Gasteiger partial charge on any atom is -0.481 e. The van der Waals surface area contributed by atoms with Crippen molar-refractivity contribution in [2.45, 2.75) is 20.3 Å². The number of carboxylic acid groups (broad SMARTS) is 1. The van der Waals surface area contributed by atoms with Gasteiger partial charge in [-0.1, -0.05) is 13.8 Å². The van der Waals surface area contributed by atoms with E-state index in [1.807, 2.05) is 0 Å². The highest BCUT2D eigenvalue weighted by Gasteiger charge is 2.32. The maximum Gasteiger partial charge on any atom is 0.308 e. The first-order chi connectivity index (χ1) is 5.61. The molecular weight excluding hydrogens is 154 g/mol. The van der Waals surface area contributed by atoms with Crippen LogP contribution < -0.4 is 5.32 Å². The molecule has 3 heteroatoms. The van der Waals surface area contributed by atoms with E-state index in [0.717, 1.165) is 13.0 Å². The lowest BCUT2D eigenvalue weighted by Crippen LogP contribution is -2.23. The van der Waals surface area contributed by atoms with E-state index < -0.39 is 5.97 Å². The molecule has 2 atom stereocenters. The van der Waals surface area contributed by atoms with E-state index in [0.29, 0.717) is 18.4 Å². The number of carboxylic acids is 1. The predicted octanol–water partition coefficient (Wildman–Crippen LogP) is 0.953. The van der Waals surface area contributed by atoms with Crippen LogP contribution in [0.15, 0.2) is 0 Å². The average molecular weight is 171 g/mol. The van der Waals surface area contributed by atoms with Gasteiger partial charge in [0.15, 0.2) is 0 Å². The summed E-state index contributed by atoms with van der Waals surface area (Å²) in [6.45, 7) is 5.79. The minimum atomic E-state index is -0.648. The Morgan fingerprint density at radius 2 is 2.25 bits per heavy atom. The summed E-state index contributed by atoms with van der Waals surface area (Å²) >= 11 is 0. The van der Waals surface area contributed by atoms with Crippen molar-refractivity contribution in [3.63, 3.8) is 0 Å². The SMILES string of the molecule is CC(C)C[C@@H]1CNCC1C(=O)O. The molecule has 0 bridgehead atoms. The second-order valence-electron chi connectivity index (χ2n) is 3.99. The van der Waals surface area contributed by atoms with Gasteiger partial charge in [-0.15, -0.1) is 0 Å². The van der Waals surface area contributed by atoms with Crippen LogP contribution in [-0.2, 0) is 4.79 Å². The van der Waals surface area contributed by atoms with Crippen LogP contribution in [-0.4, -0.2) is 24.2 Å². The van der Waals surface area contributed by atoms with Crippen molar-refractivity contribution in [3.05, 3.63) is 0 Å². The highest BCUT2D eigenvalue weighted by molar-refractivity contribution is 5.71. The number of hydrogen-bond donors (Lipinski definition) is 2. The molecule has 12 heavy (non-hydrogen) atoms. The lowest BCUT2D eigenvalue weighted by molar-refractivity contribution is -0.142. The van der Waals surface area contributed by atoms with Gasteiger partial charge >= 0.3 is 5.97 Å². The summed E-state index contributed by atoms with van der Waals surface area (Å²) < 4.78 is 0. The Morgan fingerprint density at radius 1 is 1.58 bits per heavy atom. The summed E-state index contributed by atoms with van der Waals surface area (Å²) in [5.74, 6) is 0.122. The number of aliphatic carboxylic acids is 1. The Labute approximate surface area is 73.2 Å². The first-order valence-corrected chi connectivity index (χ1v) is 4.54. The molecule has 0 saturated carbocycles. The lowest BCUT2D eigenvalue weighted by Gasteiger charge is -2.16. The molecule has 1 aliphatic heterocycles. The molecule has 1 fully saturated rings. The monoisotopic (exact) mass is 171 g/mol. The second kappa shape index (κ2) is 3.90. The third-order valence-electron chi connectivity index (χ3n) is 2.43. The van der Waals surface area contributed by atoms with Gasteiger partial charge in [-0.05, 0) is 24.8 Å². The highest BCUT2D eigenvalue weighted by Crippen LogP contribution is 2.23. The number of rotatable bonds is 3. The molecule has 0 radical (unpaired) electrons. The van der Waals surface area contributed by atoms with Gasteiger partial charge in [0.05, 0.1) is 5.92 Å². The molecule has 70 valence electrons. The predicted molar refractivity (Wildman–Crippen MR) is 46.9 cm³/mol. The van der Waals surface area contributed by atoms with Gasteiger partial charge in [0.1, 0.15) is 0 Å². The fourth-order valence-corrected chi connectivity index (χ4v) is 1.88. The zero-order chi connectivity index (χ0) is 9.14. The van der Waals surface area contributed by atoms with Gasteiger partial charge in [-0.3, -0.25) is 4.79 Å². The molecule has 3 nitrogen and oxygen atoms in total. The van der Waals surface area contributed by atoms with Gasteiger partial charge in [0.25, 0.3) is 0 Å². The van der Waals surface area contributed by atoms with E-state index in [2.05, 4.69) is 19.2 Å². The Balaban J connectivity index is 2.46. The average Bonchev–Trinajstić information content (AvgIpc) is 2.33. The fraction of sp³-hybridized carbons (Fsp3) is 0.889. The maximum absolute atomic E-state index is 10.8. The maximum atomic E-state index is 10.8. The van der Waals surface area contributed by atoms with Crippen molar-refractivity contribution in [1.82, 2.24) is 5.32 Å². The molecule has 1 heterocycles. The van der Waals surface area contributed by atoms with Crippen molar-refractivity contribution in [1.29, 1.82) is 0 Å². The van der Waals surface area contributed by atoms with Crippen molar-refractivity contribution in [3.8, 4) is 0 Å². The fourth-order valence-electron chi connectivity index (χ4n) is 1.88. The van der Waals surface area contributed by atoms with E-state index >= 15 is 0 Å². The van der Waals surface area contributed by atoms with Crippen LogP contribution in [0.3, 0.4) is 0 Å². The smallest absolute Gasteiger partial charge is 0.308 e. The van der Waals surface area contributed by atoms with E-state index in [4.69, 9.17) is 5.11 Å². The molecule has 1 saturated heterocycles. The zero-order valence-electron chi connectivity index (χ0n) is 7.71. The van der Waals surface area contributed by atoms with Crippen molar-refractivity contribution >= 4 is 5.97 Å². The Morgan fingerprint density at radius 3 is 2.75 bits per heavy atom.